The van der Waals surface area contributed by atoms with E-state index < -0.39 is 27.6 Å². The molecule has 678 valence electrons. The van der Waals surface area contributed by atoms with E-state index in [0.717, 1.165) is 77.4 Å². The number of hydrogen-bond acceptors (Lipinski definition) is 7. The average Bonchev–Trinajstić information content (AvgIpc) is 0.673. The summed E-state index contributed by atoms with van der Waals surface area (Å²) in [5, 5.41) is 10.3. The smallest absolute Gasteiger partial charge is 0.226 e. The van der Waals surface area contributed by atoms with Crippen LogP contribution in [-0.4, -0.2) is 117 Å². The fraction of sp³-hybridized carbons (Fsp3) is 0.962. The van der Waals surface area contributed by atoms with Crippen molar-refractivity contribution in [3.8, 4) is 0 Å². The molecule has 4 fully saturated rings. The lowest BCUT2D eigenvalue weighted by Crippen LogP contribution is -2.72. The van der Waals surface area contributed by atoms with Gasteiger partial charge in [0.25, 0.3) is 0 Å². The second-order valence-corrected chi connectivity index (χ2v) is 39.2. The molecule has 4 aliphatic carbocycles. The summed E-state index contributed by atoms with van der Waals surface area (Å²) >= 11 is 0. The summed E-state index contributed by atoms with van der Waals surface area (Å²) in [4.78, 5) is 68.6. The van der Waals surface area contributed by atoms with Crippen molar-refractivity contribution in [1.29, 1.82) is 0 Å². The van der Waals surface area contributed by atoms with Gasteiger partial charge in [-0.2, -0.15) is 0 Å². The molecule has 11 nitrogen and oxygen atoms in total. The monoisotopic (exact) mass is 1610 g/mol. The first-order valence-corrected chi connectivity index (χ1v) is 52.7. The maximum Gasteiger partial charge on any atom is 0.226 e. The van der Waals surface area contributed by atoms with E-state index in [1.165, 1.54) is 444 Å². The van der Waals surface area contributed by atoms with Gasteiger partial charge < -0.3 is 36.4 Å². The van der Waals surface area contributed by atoms with Crippen molar-refractivity contribution in [2.75, 3.05) is 78.5 Å². The average molecular weight is 1620 g/mol. The lowest BCUT2D eigenvalue weighted by Gasteiger charge is -2.67. The molecule has 0 aromatic rings. The Morgan fingerprint density at radius 3 is 0.452 bits per heavy atom. The van der Waals surface area contributed by atoms with Crippen molar-refractivity contribution in [2.45, 2.75) is 542 Å². The Morgan fingerprint density at radius 2 is 0.313 bits per heavy atom. The molecule has 0 radical (unpaired) electrons. The summed E-state index contributed by atoms with van der Waals surface area (Å²) in [6.45, 7) is 26.3. The van der Waals surface area contributed by atoms with E-state index >= 15 is 14.4 Å². The van der Waals surface area contributed by atoms with Gasteiger partial charge in [-0.05, 0) is 174 Å². The van der Waals surface area contributed by atoms with Crippen LogP contribution in [0.1, 0.15) is 542 Å². The van der Waals surface area contributed by atoms with Crippen LogP contribution in [0.25, 0.3) is 0 Å². The first-order chi connectivity index (χ1) is 56.4. The Morgan fingerprint density at radius 1 is 0.191 bits per heavy atom. The molecule has 0 atom stereocenters. The first kappa shape index (κ1) is 107. The standard InChI is InChI=1S/C104H203N7O4/c1-7-13-19-25-31-37-43-49-58-70-82-109(83-71-59-50-44-38-32-26-20-14-8-2)88-76-64-55-67-79-106-98(113)102-91-101(97(105)112)92-103(94-102,99(114)107-80-68-56-65-77-89-110(84-72-60-51-45-39-33-27-21-15-9-3)85-73-61-52-46-40-34-28-22-16-10-4)96-104(93-101,95-102)100(115)108-81-69-57-66-78-90-111(86-74-62-53-47-41-35-29-23-17-11-5)87-75-63-54-48-42-36-30-24-18-12-6/h7-96H2,1-6H3,(H2,105,112)(H,106,113)(H,107,114)(H,108,115). The molecule has 0 aliphatic heterocycles. The zero-order chi connectivity index (χ0) is 82.8. The van der Waals surface area contributed by atoms with Gasteiger partial charge in [-0.1, -0.05) is 427 Å². The molecule has 4 saturated carbocycles. The molecule has 4 rings (SSSR count). The highest BCUT2D eigenvalue weighted by molar-refractivity contribution is 5.96. The van der Waals surface area contributed by atoms with E-state index in [9.17, 15) is 4.79 Å². The number of unbranched alkanes of at least 4 members (excludes halogenated alkanes) is 63. The van der Waals surface area contributed by atoms with Gasteiger partial charge in [0.1, 0.15) is 0 Å². The zero-order valence-corrected chi connectivity index (χ0v) is 78.7. The second-order valence-electron chi connectivity index (χ2n) is 39.2. The van der Waals surface area contributed by atoms with Gasteiger partial charge >= 0.3 is 0 Å². The van der Waals surface area contributed by atoms with Crippen LogP contribution in [0.5, 0.6) is 0 Å². The van der Waals surface area contributed by atoms with Crippen LogP contribution >= 0.6 is 0 Å². The van der Waals surface area contributed by atoms with E-state index in [0.29, 0.717) is 58.2 Å². The van der Waals surface area contributed by atoms with Crippen LogP contribution in [0.2, 0.25) is 0 Å². The lowest BCUT2D eigenvalue weighted by molar-refractivity contribution is -0.207. The second kappa shape index (κ2) is 74.4. The molecule has 115 heavy (non-hydrogen) atoms. The number of hydrogen-bond donors (Lipinski definition) is 4. The number of carbonyl (C=O) groups is 4. The zero-order valence-electron chi connectivity index (χ0n) is 78.7. The minimum Gasteiger partial charge on any atom is -0.369 e. The van der Waals surface area contributed by atoms with Crippen molar-refractivity contribution in [3.63, 3.8) is 0 Å². The Bertz CT molecular complexity index is 1900. The predicted molar refractivity (Wildman–Crippen MR) is 501 cm³/mol. The van der Waals surface area contributed by atoms with Crippen molar-refractivity contribution in [3.05, 3.63) is 0 Å². The molecule has 0 aromatic heterocycles. The summed E-state index contributed by atoms with van der Waals surface area (Å²) in [6.07, 6.45) is 97.2. The van der Waals surface area contributed by atoms with Gasteiger partial charge in [-0.3, -0.25) is 19.2 Å². The minimum atomic E-state index is -1.10. The molecule has 4 aliphatic rings. The van der Waals surface area contributed by atoms with Crippen LogP contribution in [-0.2, 0) is 19.2 Å². The lowest BCUT2D eigenvalue weighted by atomic mass is 9.34. The SMILES string of the molecule is CCCCCCCCCCCCN(CCCCCCCCCCCC)CCCCCCNC(=O)C12CC3(C(N)=O)CC(C(=O)NCCCCCCN(CCCCCCCCCCCC)CCCCCCCCCCCC)(C1)CC(C(=O)NCCCCCCN(CCCCCCCCCCCC)CCCCCCCCCCCC)(C3)C2. The van der Waals surface area contributed by atoms with Crippen molar-refractivity contribution < 1.29 is 19.2 Å². The highest BCUT2D eigenvalue weighted by atomic mass is 16.2. The quantitative estimate of drug-likeness (QED) is 0.0445. The van der Waals surface area contributed by atoms with Crippen LogP contribution in [0.3, 0.4) is 0 Å². The number of nitrogens with zero attached hydrogens (tertiary/aromatic N) is 3. The summed E-state index contributed by atoms with van der Waals surface area (Å²) in [6, 6.07) is 0. The fourth-order valence-electron chi connectivity index (χ4n) is 21.2. The summed E-state index contributed by atoms with van der Waals surface area (Å²) < 4.78 is 0. The molecule has 0 heterocycles. The molecule has 0 saturated heterocycles. The highest BCUT2D eigenvalue weighted by Crippen LogP contribution is 2.74. The molecule has 0 spiro atoms. The molecule has 5 N–H and O–H groups in total. The van der Waals surface area contributed by atoms with Crippen LogP contribution in [0.4, 0.5) is 0 Å². The summed E-state index contributed by atoms with van der Waals surface area (Å²) in [5.41, 5.74) is 2.43. The van der Waals surface area contributed by atoms with Gasteiger partial charge in [0.2, 0.25) is 23.6 Å². The van der Waals surface area contributed by atoms with Crippen LogP contribution in [0.15, 0.2) is 0 Å². The molecule has 0 aromatic carbocycles. The molecular weight excluding hydrogens is 1410 g/mol. The number of primary amides is 1. The third kappa shape index (κ3) is 52.8. The van der Waals surface area contributed by atoms with E-state index in [1.54, 1.807) is 0 Å². The summed E-state index contributed by atoms with van der Waals surface area (Å²) in [5.74, 6) is -0.663. The van der Waals surface area contributed by atoms with E-state index in [4.69, 9.17) is 5.73 Å². The maximum absolute atomic E-state index is 15.3. The third-order valence-electron chi connectivity index (χ3n) is 28.1. The van der Waals surface area contributed by atoms with Crippen molar-refractivity contribution in [1.82, 2.24) is 30.7 Å². The normalized spacial score (nSPS) is 18.5. The fourth-order valence-corrected chi connectivity index (χ4v) is 21.2. The summed E-state index contributed by atoms with van der Waals surface area (Å²) in [7, 11) is 0. The number of nitrogens with one attached hydrogen (secondary N) is 3. The van der Waals surface area contributed by atoms with Gasteiger partial charge in [-0.25, -0.2) is 0 Å². The van der Waals surface area contributed by atoms with Crippen LogP contribution in [0, 0.1) is 21.7 Å². The third-order valence-corrected chi connectivity index (χ3v) is 28.1. The molecule has 4 amide bonds. The molecule has 11 heteroatoms. The Hall–Kier alpha value is -2.24. The molecule has 4 bridgehead atoms. The van der Waals surface area contributed by atoms with E-state index in [-0.39, 0.29) is 17.7 Å². The predicted octanol–water partition coefficient (Wildman–Crippen LogP) is 29.3. The Kier molecular flexibility index (Phi) is 69.2. The topological polar surface area (TPSA) is 140 Å². The largest absolute Gasteiger partial charge is 0.369 e. The molecular formula is C104H203N7O4. The number of rotatable bonds is 91. The maximum atomic E-state index is 15.3. The number of nitrogens with two attached hydrogens (primary N) is 1. The Labute approximate surface area is 717 Å². The van der Waals surface area contributed by atoms with Crippen molar-refractivity contribution >= 4 is 23.6 Å². The first-order valence-electron chi connectivity index (χ1n) is 52.7. The highest BCUT2D eigenvalue weighted by Gasteiger charge is 2.75. The van der Waals surface area contributed by atoms with Crippen LogP contribution < -0.4 is 21.7 Å². The minimum absolute atomic E-state index is 0.0727. The number of carbonyl (C=O) groups excluding carboxylic acids is 4. The van der Waals surface area contributed by atoms with Crippen molar-refractivity contribution in [2.24, 2.45) is 27.4 Å². The van der Waals surface area contributed by atoms with Gasteiger partial charge in [-0.15, -0.1) is 0 Å². The van der Waals surface area contributed by atoms with Gasteiger partial charge in [0.15, 0.2) is 0 Å². The Balaban J connectivity index is 1.69. The number of amides is 4. The van der Waals surface area contributed by atoms with E-state index in [2.05, 4.69) is 72.2 Å². The van der Waals surface area contributed by atoms with E-state index in [1.807, 2.05) is 0 Å². The van der Waals surface area contributed by atoms with Gasteiger partial charge in [0, 0.05) is 19.6 Å². The molecule has 0 unspecified atom stereocenters. The van der Waals surface area contributed by atoms with Gasteiger partial charge in [0.05, 0.1) is 21.7 Å².